The summed E-state index contributed by atoms with van der Waals surface area (Å²) < 4.78 is 29.8. The minimum atomic E-state index is -2.08. The van der Waals surface area contributed by atoms with Crippen LogP contribution in [0.3, 0.4) is 0 Å². The Bertz CT molecular complexity index is 929. The fraction of sp³-hybridized carbons (Fsp3) is 0.417. The van der Waals surface area contributed by atoms with E-state index in [0.717, 1.165) is 30.4 Å². The third kappa shape index (κ3) is 3.13. The van der Waals surface area contributed by atoms with Crippen molar-refractivity contribution < 1.29 is 14.0 Å². The summed E-state index contributed by atoms with van der Waals surface area (Å²) in [5, 5.41) is 10.9. The van der Waals surface area contributed by atoms with Crippen molar-refractivity contribution in [1.29, 1.82) is 0 Å². The molecular formula is C24H28O2. The van der Waals surface area contributed by atoms with Crippen LogP contribution in [0.5, 0.6) is 11.5 Å². The van der Waals surface area contributed by atoms with Gasteiger partial charge in [-0.2, -0.15) is 0 Å². The van der Waals surface area contributed by atoms with E-state index in [0.29, 0.717) is 17.7 Å². The van der Waals surface area contributed by atoms with Crippen LogP contribution in [0, 0.1) is 5.92 Å². The predicted octanol–water partition coefficient (Wildman–Crippen LogP) is 5.79. The zero-order valence-corrected chi connectivity index (χ0v) is 15.5. The standard InChI is InChI=1S/C24H28O2/c1-16-9-12-20-19(13-16)23-21(25)14-18(15-22(23)26-24(20,2)3)11-10-17-7-5-4-6-8-17/h4-8,13-15,19-20,25H,9-12H2,1-3H3/i1D3. The van der Waals surface area contributed by atoms with Crippen LogP contribution in [-0.4, -0.2) is 10.7 Å². The molecule has 1 heterocycles. The molecule has 2 aromatic carbocycles. The van der Waals surface area contributed by atoms with E-state index in [-0.39, 0.29) is 17.6 Å². The van der Waals surface area contributed by atoms with E-state index in [4.69, 9.17) is 8.85 Å². The average molecular weight is 352 g/mol. The number of phenols is 1. The Morgan fingerprint density at radius 3 is 2.69 bits per heavy atom. The van der Waals surface area contributed by atoms with E-state index < -0.39 is 12.5 Å². The summed E-state index contributed by atoms with van der Waals surface area (Å²) in [6.45, 7) is 2.05. The SMILES string of the molecule is [2H]C([2H])([2H])C1=CC2c3c(O)cc(CCc4ccccc4)cc3OC(C)(C)C2CC1. The summed E-state index contributed by atoms with van der Waals surface area (Å²) in [6, 6.07) is 14.1. The summed E-state index contributed by atoms with van der Waals surface area (Å²) in [4.78, 5) is 0. The lowest BCUT2D eigenvalue weighted by molar-refractivity contribution is 0.0107. The number of hydrogen-bond donors (Lipinski definition) is 1. The molecule has 136 valence electrons. The van der Waals surface area contributed by atoms with Gasteiger partial charge in [-0.15, -0.1) is 0 Å². The van der Waals surface area contributed by atoms with Gasteiger partial charge in [-0.25, -0.2) is 0 Å². The lowest BCUT2D eigenvalue weighted by Crippen LogP contribution is -2.45. The van der Waals surface area contributed by atoms with Gasteiger partial charge in [-0.1, -0.05) is 42.0 Å². The molecule has 2 aromatic rings. The normalized spacial score (nSPS) is 25.6. The molecule has 0 aromatic heterocycles. The number of rotatable bonds is 3. The van der Waals surface area contributed by atoms with Gasteiger partial charge in [0.25, 0.3) is 0 Å². The first-order valence-corrected chi connectivity index (χ1v) is 9.45. The molecule has 2 aliphatic rings. The number of aromatic hydroxyl groups is 1. The zero-order chi connectivity index (χ0) is 20.8. The molecule has 1 aliphatic heterocycles. The number of allylic oxidation sites excluding steroid dienone is 2. The Balaban J connectivity index is 1.69. The largest absolute Gasteiger partial charge is 0.507 e. The van der Waals surface area contributed by atoms with Crippen LogP contribution in [0.2, 0.25) is 0 Å². The van der Waals surface area contributed by atoms with Gasteiger partial charge in [0, 0.05) is 21.5 Å². The minimum absolute atomic E-state index is 0.138. The Kier molecular flexibility index (Phi) is 3.48. The Labute approximate surface area is 160 Å². The third-order valence-electron chi connectivity index (χ3n) is 5.86. The van der Waals surface area contributed by atoms with Crippen LogP contribution in [-0.2, 0) is 12.8 Å². The van der Waals surface area contributed by atoms with Gasteiger partial charge < -0.3 is 9.84 Å². The van der Waals surface area contributed by atoms with Gasteiger partial charge in [0.05, 0.1) is 0 Å². The van der Waals surface area contributed by atoms with Crippen molar-refractivity contribution in [2.45, 2.75) is 57.9 Å². The lowest BCUT2D eigenvalue weighted by Gasteiger charge is -2.46. The maximum Gasteiger partial charge on any atom is 0.127 e. The average Bonchev–Trinajstić information content (AvgIpc) is 2.65. The first kappa shape index (κ1) is 13.9. The highest BCUT2D eigenvalue weighted by Gasteiger charge is 2.45. The van der Waals surface area contributed by atoms with Crippen molar-refractivity contribution in [1.82, 2.24) is 0 Å². The molecule has 0 radical (unpaired) electrons. The summed E-state index contributed by atoms with van der Waals surface area (Å²) in [6.07, 6.45) is 4.86. The van der Waals surface area contributed by atoms with Gasteiger partial charge in [-0.05, 0) is 69.6 Å². The third-order valence-corrected chi connectivity index (χ3v) is 5.86. The Hall–Kier alpha value is -2.22. The smallest absolute Gasteiger partial charge is 0.127 e. The van der Waals surface area contributed by atoms with Crippen LogP contribution < -0.4 is 4.74 Å². The van der Waals surface area contributed by atoms with Crippen LogP contribution in [0.25, 0.3) is 0 Å². The molecule has 0 bridgehead atoms. The van der Waals surface area contributed by atoms with E-state index in [1.807, 2.05) is 36.4 Å². The Morgan fingerprint density at radius 1 is 1.15 bits per heavy atom. The van der Waals surface area contributed by atoms with Gasteiger partial charge in [0.2, 0.25) is 0 Å². The summed E-state index contributed by atoms with van der Waals surface area (Å²) in [5.74, 6) is 0.893. The van der Waals surface area contributed by atoms with Gasteiger partial charge in [0.15, 0.2) is 0 Å². The fourth-order valence-corrected chi connectivity index (χ4v) is 4.49. The monoisotopic (exact) mass is 351 g/mol. The Morgan fingerprint density at radius 2 is 1.92 bits per heavy atom. The molecule has 1 aliphatic carbocycles. The molecule has 1 N–H and O–H groups in total. The first-order chi connectivity index (χ1) is 13.6. The quantitative estimate of drug-likeness (QED) is 0.709. The van der Waals surface area contributed by atoms with Gasteiger partial charge >= 0.3 is 0 Å². The van der Waals surface area contributed by atoms with Gasteiger partial charge in [-0.3, -0.25) is 0 Å². The van der Waals surface area contributed by atoms with Crippen molar-refractivity contribution in [3.8, 4) is 11.5 Å². The number of aryl methyl sites for hydroxylation is 2. The molecule has 2 nitrogen and oxygen atoms in total. The molecule has 0 spiro atoms. The molecule has 4 rings (SSSR count). The van der Waals surface area contributed by atoms with Crippen molar-refractivity contribution in [3.05, 3.63) is 70.8 Å². The molecule has 2 unspecified atom stereocenters. The second kappa shape index (κ2) is 6.50. The molecule has 0 amide bonds. The second-order valence-corrected chi connectivity index (χ2v) is 8.08. The fourth-order valence-electron chi connectivity index (χ4n) is 4.49. The van der Waals surface area contributed by atoms with E-state index in [2.05, 4.69) is 26.0 Å². The number of ether oxygens (including phenoxy) is 1. The van der Waals surface area contributed by atoms with E-state index >= 15 is 0 Å². The number of phenolic OH excluding ortho intramolecular Hbond substituents is 1. The number of fused-ring (bicyclic) bond motifs is 3. The van der Waals surface area contributed by atoms with Crippen molar-refractivity contribution in [2.24, 2.45) is 5.92 Å². The maximum atomic E-state index is 10.9. The van der Waals surface area contributed by atoms with Crippen molar-refractivity contribution in [3.63, 3.8) is 0 Å². The summed E-state index contributed by atoms with van der Waals surface area (Å²) in [7, 11) is 0. The molecule has 26 heavy (non-hydrogen) atoms. The van der Waals surface area contributed by atoms with E-state index in [9.17, 15) is 5.11 Å². The zero-order valence-electron chi connectivity index (χ0n) is 18.5. The summed E-state index contributed by atoms with van der Waals surface area (Å²) >= 11 is 0. The van der Waals surface area contributed by atoms with Gasteiger partial charge in [0.1, 0.15) is 17.1 Å². The molecular weight excluding hydrogens is 320 g/mol. The highest BCUT2D eigenvalue weighted by atomic mass is 16.5. The second-order valence-electron chi connectivity index (χ2n) is 8.08. The van der Waals surface area contributed by atoms with Crippen molar-refractivity contribution in [2.75, 3.05) is 0 Å². The highest BCUT2D eigenvalue weighted by molar-refractivity contribution is 5.54. The number of hydrogen-bond acceptors (Lipinski definition) is 2. The van der Waals surface area contributed by atoms with Crippen LogP contribution >= 0.6 is 0 Å². The van der Waals surface area contributed by atoms with E-state index in [1.165, 1.54) is 5.56 Å². The molecule has 0 saturated carbocycles. The first-order valence-electron chi connectivity index (χ1n) is 10.9. The molecule has 0 fully saturated rings. The predicted molar refractivity (Wildman–Crippen MR) is 106 cm³/mol. The lowest BCUT2D eigenvalue weighted by atomic mass is 9.68. The number of benzene rings is 2. The molecule has 2 heteroatoms. The van der Waals surface area contributed by atoms with Crippen LogP contribution in [0.1, 0.15) is 60.3 Å². The summed E-state index contributed by atoms with van der Waals surface area (Å²) in [5.41, 5.74) is 3.09. The van der Waals surface area contributed by atoms with Crippen LogP contribution in [0.4, 0.5) is 0 Å². The van der Waals surface area contributed by atoms with Crippen LogP contribution in [0.15, 0.2) is 54.1 Å². The highest BCUT2D eigenvalue weighted by Crippen LogP contribution is 2.53. The molecule has 2 atom stereocenters. The molecule has 0 saturated heterocycles. The van der Waals surface area contributed by atoms with E-state index in [1.54, 1.807) is 0 Å². The maximum absolute atomic E-state index is 10.9. The van der Waals surface area contributed by atoms with Crippen molar-refractivity contribution >= 4 is 0 Å². The minimum Gasteiger partial charge on any atom is -0.507 e. The topological polar surface area (TPSA) is 29.5 Å².